The average Bonchev–Trinajstić information content (AvgIpc) is 3.62. The molecule has 3 aliphatic heterocycles. The Kier molecular flexibility index (Phi) is 6.33. The first-order valence-electron chi connectivity index (χ1n) is 14.5. The van der Waals surface area contributed by atoms with Gasteiger partial charge in [-0.3, -0.25) is 9.88 Å². The van der Waals surface area contributed by atoms with E-state index in [9.17, 15) is 5.11 Å². The zero-order valence-electron chi connectivity index (χ0n) is 23.8. The number of rotatable bonds is 5. The summed E-state index contributed by atoms with van der Waals surface area (Å²) in [4.78, 5) is 23.2. The van der Waals surface area contributed by atoms with E-state index in [-0.39, 0.29) is 22.8 Å². The van der Waals surface area contributed by atoms with Crippen LogP contribution in [0.3, 0.4) is 0 Å². The van der Waals surface area contributed by atoms with Crippen LogP contribution in [0.5, 0.6) is 6.01 Å². The molecule has 1 atom stereocenters. The molecule has 0 aliphatic carbocycles. The highest BCUT2D eigenvalue weighted by Gasteiger charge is 2.45. The van der Waals surface area contributed by atoms with Gasteiger partial charge in [-0.15, -0.1) is 0 Å². The molecule has 3 N–H and O–H groups in total. The van der Waals surface area contributed by atoms with E-state index in [1.54, 1.807) is 6.20 Å². The molecule has 7 rings (SSSR count). The number of fused-ring (bicyclic) bond motifs is 3. The van der Waals surface area contributed by atoms with Gasteiger partial charge in [0.25, 0.3) is 0 Å². The Balaban J connectivity index is 1.38. The Labute approximate surface area is 242 Å². The summed E-state index contributed by atoms with van der Waals surface area (Å²) in [5, 5.41) is 11.8. The number of benzene rings is 1. The molecule has 0 bridgehead atoms. The first-order valence-corrected chi connectivity index (χ1v) is 15.3. The van der Waals surface area contributed by atoms with Crippen molar-refractivity contribution in [2.24, 2.45) is 0 Å². The van der Waals surface area contributed by atoms with Crippen molar-refractivity contribution in [1.29, 1.82) is 0 Å². The molecule has 6 heterocycles. The van der Waals surface area contributed by atoms with Crippen molar-refractivity contribution in [2.45, 2.75) is 70.4 Å². The second-order valence-electron chi connectivity index (χ2n) is 12.3. The van der Waals surface area contributed by atoms with Crippen LogP contribution in [-0.2, 0) is 0 Å². The second-order valence-corrected chi connectivity index (χ2v) is 13.4. The molecular weight excluding hydrogens is 541 g/mol. The number of thiazole rings is 1. The lowest BCUT2D eigenvalue weighted by atomic mass is 9.95. The molecule has 3 fully saturated rings. The third-order valence-electron chi connectivity index (χ3n) is 9.36. The minimum atomic E-state index is -0.871. The van der Waals surface area contributed by atoms with Gasteiger partial charge in [0, 0.05) is 24.8 Å². The second kappa shape index (κ2) is 9.71. The van der Waals surface area contributed by atoms with Gasteiger partial charge in [0.15, 0.2) is 10.9 Å². The van der Waals surface area contributed by atoms with E-state index in [0.717, 1.165) is 61.0 Å². The van der Waals surface area contributed by atoms with Gasteiger partial charge in [0.1, 0.15) is 23.6 Å². The number of nitrogens with two attached hydrogens (primary N) is 1. The van der Waals surface area contributed by atoms with Gasteiger partial charge >= 0.3 is 6.01 Å². The third-order valence-corrected chi connectivity index (χ3v) is 10.2. The smallest absolute Gasteiger partial charge is 0.319 e. The van der Waals surface area contributed by atoms with Crippen LogP contribution < -0.4 is 15.4 Å². The van der Waals surface area contributed by atoms with Crippen molar-refractivity contribution in [3.8, 4) is 17.3 Å². The van der Waals surface area contributed by atoms with Gasteiger partial charge in [-0.2, -0.15) is 9.97 Å². The number of aromatic nitrogens is 4. The van der Waals surface area contributed by atoms with E-state index in [2.05, 4.69) is 19.9 Å². The monoisotopic (exact) mass is 577 g/mol. The minimum Gasteiger partial charge on any atom is -0.461 e. The SMILES string of the molecule is Cc1cc2sc(N)nc2c(-c2ncc3c(N4CCCC(C)(O)C4)nc(OCC45CCCN4CCC5)nc3c2F)c1C. The first kappa shape index (κ1) is 26.7. The molecule has 0 spiro atoms. The molecule has 1 aromatic carbocycles. The number of pyridine rings is 1. The van der Waals surface area contributed by atoms with Crippen molar-refractivity contribution in [2.75, 3.05) is 43.4 Å². The quantitative estimate of drug-likeness (QED) is 0.338. The number of halogens is 1. The van der Waals surface area contributed by atoms with E-state index in [1.165, 1.54) is 11.3 Å². The maximum Gasteiger partial charge on any atom is 0.319 e. The lowest BCUT2D eigenvalue weighted by molar-refractivity contribution is 0.0447. The van der Waals surface area contributed by atoms with Crippen LogP contribution in [0.25, 0.3) is 32.4 Å². The van der Waals surface area contributed by atoms with Gasteiger partial charge in [-0.25, -0.2) is 9.37 Å². The van der Waals surface area contributed by atoms with Crippen molar-refractivity contribution in [3.63, 3.8) is 0 Å². The number of aryl methyl sites for hydroxylation is 1. The number of nitrogen functional groups attached to an aromatic ring is 1. The van der Waals surface area contributed by atoms with E-state index >= 15 is 4.39 Å². The number of piperidine rings is 1. The van der Waals surface area contributed by atoms with Gasteiger partial charge in [-0.1, -0.05) is 11.3 Å². The standard InChI is InChI=1S/C30H36FN7O2S/c1-17-13-20-24(34-27(32)41-20)21(18(17)2)25-22(31)23-19(14-33-25)26(37-10-4-7-29(3,39)15-37)36-28(35-23)40-16-30-8-5-11-38(30)12-6-9-30/h13-14,39H,4-12,15-16H2,1-3H3,(H2,32,34). The summed E-state index contributed by atoms with van der Waals surface area (Å²) in [6.07, 6.45) is 7.63. The van der Waals surface area contributed by atoms with E-state index in [0.29, 0.717) is 53.5 Å². The summed E-state index contributed by atoms with van der Waals surface area (Å²) < 4.78 is 23.9. The van der Waals surface area contributed by atoms with E-state index in [1.807, 2.05) is 31.7 Å². The van der Waals surface area contributed by atoms with Gasteiger partial charge < -0.3 is 20.5 Å². The summed E-state index contributed by atoms with van der Waals surface area (Å²) in [5.41, 5.74) is 8.71. The van der Waals surface area contributed by atoms with Crippen LogP contribution in [0.4, 0.5) is 15.3 Å². The Bertz CT molecular complexity index is 1660. The predicted molar refractivity (Wildman–Crippen MR) is 160 cm³/mol. The normalized spacial score (nSPS) is 22.6. The van der Waals surface area contributed by atoms with E-state index in [4.69, 9.17) is 15.5 Å². The van der Waals surface area contributed by atoms with Crippen molar-refractivity contribution >= 4 is 43.4 Å². The third kappa shape index (κ3) is 4.49. The van der Waals surface area contributed by atoms with Crippen LogP contribution in [0, 0.1) is 19.7 Å². The summed E-state index contributed by atoms with van der Waals surface area (Å²) in [5.74, 6) is 0.00185. The molecule has 3 aromatic heterocycles. The zero-order valence-corrected chi connectivity index (χ0v) is 24.7. The number of hydrogen-bond acceptors (Lipinski definition) is 10. The van der Waals surface area contributed by atoms with Crippen LogP contribution in [0.15, 0.2) is 12.3 Å². The molecule has 11 heteroatoms. The van der Waals surface area contributed by atoms with Crippen LogP contribution >= 0.6 is 11.3 Å². The number of aliphatic hydroxyl groups is 1. The fourth-order valence-corrected chi connectivity index (χ4v) is 8.00. The fourth-order valence-electron chi connectivity index (χ4n) is 7.16. The predicted octanol–water partition coefficient (Wildman–Crippen LogP) is 5.00. The highest BCUT2D eigenvalue weighted by molar-refractivity contribution is 7.22. The first-order chi connectivity index (χ1) is 19.6. The van der Waals surface area contributed by atoms with Crippen LogP contribution in [0.2, 0.25) is 0 Å². The topological polar surface area (TPSA) is 114 Å². The van der Waals surface area contributed by atoms with Gasteiger partial charge in [-0.05, 0) is 89.6 Å². The highest BCUT2D eigenvalue weighted by atomic mass is 32.1. The molecule has 216 valence electrons. The summed E-state index contributed by atoms with van der Waals surface area (Å²) in [7, 11) is 0. The largest absolute Gasteiger partial charge is 0.461 e. The molecule has 41 heavy (non-hydrogen) atoms. The molecule has 4 aromatic rings. The fraction of sp³-hybridized carbons (Fsp3) is 0.533. The Morgan fingerprint density at radius 3 is 2.59 bits per heavy atom. The number of anilines is 2. The Hall–Kier alpha value is -3.15. The van der Waals surface area contributed by atoms with Crippen molar-refractivity contribution < 1.29 is 14.2 Å². The molecule has 0 amide bonds. The number of β-amino-alcohol motifs (C(OH)–C–C–N with tert-alkyl or cyclic N) is 1. The van der Waals surface area contributed by atoms with Crippen molar-refractivity contribution in [1.82, 2.24) is 24.8 Å². The van der Waals surface area contributed by atoms with Crippen molar-refractivity contribution in [3.05, 3.63) is 29.2 Å². The molecule has 9 nitrogen and oxygen atoms in total. The van der Waals surface area contributed by atoms with Crippen LogP contribution in [-0.4, -0.2) is 73.9 Å². The average molecular weight is 578 g/mol. The highest BCUT2D eigenvalue weighted by Crippen LogP contribution is 2.41. The van der Waals surface area contributed by atoms with Gasteiger partial charge in [0.2, 0.25) is 0 Å². The molecule has 3 saturated heterocycles. The van der Waals surface area contributed by atoms with Crippen LogP contribution in [0.1, 0.15) is 56.6 Å². The lowest BCUT2D eigenvalue weighted by Gasteiger charge is -2.38. The number of ether oxygens (including phenoxy) is 1. The maximum atomic E-state index is 16.7. The zero-order chi connectivity index (χ0) is 28.5. The molecule has 1 unspecified atom stereocenters. The number of hydrogen-bond donors (Lipinski definition) is 2. The van der Waals surface area contributed by atoms with Gasteiger partial charge in [0.05, 0.1) is 26.7 Å². The molecular formula is C30H36FN7O2S. The maximum absolute atomic E-state index is 16.7. The Morgan fingerprint density at radius 1 is 1.07 bits per heavy atom. The summed E-state index contributed by atoms with van der Waals surface area (Å²) in [6, 6.07) is 2.19. The molecule has 3 aliphatic rings. The summed E-state index contributed by atoms with van der Waals surface area (Å²) >= 11 is 1.38. The summed E-state index contributed by atoms with van der Waals surface area (Å²) in [6.45, 7) is 9.51. The van der Waals surface area contributed by atoms with E-state index < -0.39 is 11.4 Å². The minimum absolute atomic E-state index is 0.00403. The molecule has 0 saturated carbocycles. The Morgan fingerprint density at radius 2 is 1.83 bits per heavy atom. The lowest BCUT2D eigenvalue weighted by Crippen LogP contribution is -2.46. The number of nitrogens with zero attached hydrogens (tertiary/aromatic N) is 6. The molecule has 0 radical (unpaired) electrons.